The second kappa shape index (κ2) is 8.54. The van der Waals surface area contributed by atoms with E-state index in [0.29, 0.717) is 25.2 Å². The third-order valence-corrected chi connectivity index (χ3v) is 4.96. The molecule has 1 fully saturated rings. The predicted molar refractivity (Wildman–Crippen MR) is 100 cm³/mol. The molecule has 3 rings (SSSR count). The first-order valence-electron chi connectivity index (χ1n) is 9.01. The van der Waals surface area contributed by atoms with Crippen molar-refractivity contribution in [3.8, 4) is 11.5 Å². The number of benzene rings is 2. The van der Waals surface area contributed by atoms with Crippen molar-refractivity contribution in [1.82, 2.24) is 4.90 Å². The maximum atomic E-state index is 10.8. The van der Waals surface area contributed by atoms with Crippen LogP contribution in [0.2, 0.25) is 0 Å². The molecule has 1 heterocycles. The maximum absolute atomic E-state index is 10.8. The quantitative estimate of drug-likeness (QED) is 0.798. The molecule has 0 amide bonds. The van der Waals surface area contributed by atoms with Crippen molar-refractivity contribution >= 4 is 0 Å². The van der Waals surface area contributed by atoms with E-state index in [1.54, 1.807) is 7.11 Å². The lowest BCUT2D eigenvalue weighted by atomic mass is 9.92. The van der Waals surface area contributed by atoms with Crippen molar-refractivity contribution < 1.29 is 19.7 Å². The Labute approximate surface area is 154 Å². The number of rotatable bonds is 7. The summed E-state index contributed by atoms with van der Waals surface area (Å²) >= 11 is 0. The fourth-order valence-electron chi connectivity index (χ4n) is 3.32. The summed E-state index contributed by atoms with van der Waals surface area (Å²) in [5, 5.41) is 20.2. The van der Waals surface area contributed by atoms with Gasteiger partial charge in [-0.2, -0.15) is 0 Å². The molecule has 5 heteroatoms. The van der Waals surface area contributed by atoms with Gasteiger partial charge in [0, 0.05) is 25.2 Å². The number of hydrogen-bond acceptors (Lipinski definition) is 5. The van der Waals surface area contributed by atoms with Gasteiger partial charge in [-0.1, -0.05) is 24.3 Å². The number of aliphatic hydroxyl groups excluding tert-OH is 1. The average Bonchev–Trinajstić information content (AvgIpc) is 2.69. The molecule has 0 aromatic heterocycles. The molecule has 0 radical (unpaired) electrons. The number of likely N-dealkylation sites (tertiary alicyclic amines) is 1. The summed E-state index contributed by atoms with van der Waals surface area (Å²) in [6.07, 6.45) is 1.37. The van der Waals surface area contributed by atoms with Gasteiger partial charge >= 0.3 is 0 Å². The molecular formula is C21H27NO4. The predicted octanol–water partition coefficient (Wildman–Crippen LogP) is 2.59. The molecule has 2 aromatic rings. The summed E-state index contributed by atoms with van der Waals surface area (Å²) in [6, 6.07) is 15.5. The first-order chi connectivity index (χ1) is 12.6. The molecule has 1 aliphatic heterocycles. The highest BCUT2D eigenvalue weighted by molar-refractivity contribution is 5.36. The molecular weight excluding hydrogens is 330 g/mol. The van der Waals surface area contributed by atoms with Crippen LogP contribution in [0.25, 0.3) is 0 Å². The summed E-state index contributed by atoms with van der Waals surface area (Å²) in [7, 11) is 1.61. The van der Waals surface area contributed by atoms with Crippen molar-refractivity contribution in [1.29, 1.82) is 0 Å². The zero-order valence-corrected chi connectivity index (χ0v) is 15.2. The van der Waals surface area contributed by atoms with Crippen molar-refractivity contribution in [2.45, 2.75) is 31.6 Å². The molecule has 2 N–H and O–H groups in total. The third kappa shape index (κ3) is 4.75. The van der Waals surface area contributed by atoms with E-state index in [4.69, 9.17) is 9.47 Å². The number of aliphatic hydroxyl groups is 2. The Kier molecular flexibility index (Phi) is 6.14. The zero-order chi connectivity index (χ0) is 18.4. The number of para-hydroxylation sites is 1. The molecule has 1 saturated heterocycles. The monoisotopic (exact) mass is 357 g/mol. The Morgan fingerprint density at radius 1 is 1.08 bits per heavy atom. The normalized spacial score (nSPS) is 17.0. The summed E-state index contributed by atoms with van der Waals surface area (Å²) in [4.78, 5) is 2.32. The number of piperidine rings is 1. The number of ether oxygens (including phenoxy) is 2. The minimum absolute atomic E-state index is 0.0341. The van der Waals surface area contributed by atoms with Gasteiger partial charge in [0.15, 0.2) is 0 Å². The fourth-order valence-corrected chi connectivity index (χ4v) is 3.32. The Morgan fingerprint density at radius 3 is 2.46 bits per heavy atom. The highest BCUT2D eigenvalue weighted by Crippen LogP contribution is 2.26. The van der Waals surface area contributed by atoms with Crippen LogP contribution < -0.4 is 9.47 Å². The molecule has 0 spiro atoms. The van der Waals surface area contributed by atoms with E-state index in [2.05, 4.69) is 4.90 Å². The highest BCUT2D eigenvalue weighted by Gasteiger charge is 2.33. The molecule has 0 aliphatic carbocycles. The van der Waals surface area contributed by atoms with Gasteiger partial charge in [-0.15, -0.1) is 0 Å². The molecule has 0 saturated carbocycles. The Bertz CT molecular complexity index is 696. The van der Waals surface area contributed by atoms with Gasteiger partial charge in [-0.3, -0.25) is 4.90 Å². The summed E-state index contributed by atoms with van der Waals surface area (Å²) < 4.78 is 11.0. The lowest BCUT2D eigenvalue weighted by molar-refractivity contribution is -0.0537. The van der Waals surface area contributed by atoms with E-state index in [1.807, 2.05) is 48.5 Å². The standard InChI is InChI=1S/C21H27NO4/c1-25-20-8-7-17(13-18(20)15-23)14-22-11-9-21(24,10-12-22)16-26-19-5-3-2-4-6-19/h2-8,13,23-24H,9-12,14-16H2,1H3. The van der Waals surface area contributed by atoms with Gasteiger partial charge in [0.25, 0.3) is 0 Å². The molecule has 5 nitrogen and oxygen atoms in total. The first-order valence-corrected chi connectivity index (χ1v) is 9.01. The van der Waals surface area contributed by atoms with Gasteiger partial charge in [0.1, 0.15) is 23.7 Å². The zero-order valence-electron chi connectivity index (χ0n) is 15.2. The van der Waals surface area contributed by atoms with Crippen LogP contribution in [0, 0.1) is 0 Å². The molecule has 0 unspecified atom stereocenters. The lowest BCUT2D eigenvalue weighted by Gasteiger charge is -2.38. The van der Waals surface area contributed by atoms with E-state index in [-0.39, 0.29) is 6.61 Å². The number of hydrogen-bond donors (Lipinski definition) is 2. The van der Waals surface area contributed by atoms with Crippen LogP contribution in [0.15, 0.2) is 48.5 Å². The van der Waals surface area contributed by atoms with Crippen molar-refractivity contribution in [3.63, 3.8) is 0 Å². The Morgan fingerprint density at radius 2 is 1.81 bits per heavy atom. The van der Waals surface area contributed by atoms with E-state index >= 15 is 0 Å². The largest absolute Gasteiger partial charge is 0.496 e. The van der Waals surface area contributed by atoms with Gasteiger partial charge in [0.2, 0.25) is 0 Å². The minimum Gasteiger partial charge on any atom is -0.496 e. The molecule has 2 aromatic carbocycles. The van der Waals surface area contributed by atoms with Gasteiger partial charge < -0.3 is 19.7 Å². The highest BCUT2D eigenvalue weighted by atomic mass is 16.5. The Balaban J connectivity index is 1.51. The van der Waals surface area contributed by atoms with E-state index in [1.165, 1.54) is 0 Å². The van der Waals surface area contributed by atoms with Crippen LogP contribution in [-0.2, 0) is 13.2 Å². The van der Waals surface area contributed by atoms with Crippen LogP contribution in [0.3, 0.4) is 0 Å². The second-order valence-electron chi connectivity index (χ2n) is 6.91. The molecule has 1 aliphatic rings. The lowest BCUT2D eigenvalue weighted by Crippen LogP contribution is -2.47. The molecule has 140 valence electrons. The van der Waals surface area contributed by atoms with Crippen LogP contribution in [-0.4, -0.2) is 47.5 Å². The van der Waals surface area contributed by atoms with E-state index < -0.39 is 5.60 Å². The number of nitrogens with zero attached hydrogens (tertiary/aromatic N) is 1. The van der Waals surface area contributed by atoms with Crippen LogP contribution >= 0.6 is 0 Å². The van der Waals surface area contributed by atoms with Crippen LogP contribution in [0.1, 0.15) is 24.0 Å². The van der Waals surface area contributed by atoms with Gasteiger partial charge in [0.05, 0.1) is 13.7 Å². The third-order valence-electron chi connectivity index (χ3n) is 4.96. The van der Waals surface area contributed by atoms with Gasteiger partial charge in [-0.25, -0.2) is 0 Å². The van der Waals surface area contributed by atoms with Crippen molar-refractivity contribution in [2.24, 2.45) is 0 Å². The fraction of sp³-hybridized carbons (Fsp3) is 0.429. The summed E-state index contributed by atoms with van der Waals surface area (Å²) in [5.41, 5.74) is 1.17. The van der Waals surface area contributed by atoms with Crippen LogP contribution in [0.4, 0.5) is 0 Å². The Hall–Kier alpha value is -2.08. The summed E-state index contributed by atoms with van der Waals surface area (Å²) in [6.45, 7) is 2.71. The van der Waals surface area contributed by atoms with Crippen molar-refractivity contribution in [3.05, 3.63) is 59.7 Å². The minimum atomic E-state index is -0.775. The van der Waals surface area contributed by atoms with Gasteiger partial charge in [-0.05, 0) is 42.7 Å². The maximum Gasteiger partial charge on any atom is 0.124 e. The smallest absolute Gasteiger partial charge is 0.124 e. The molecule has 0 atom stereocenters. The number of methoxy groups -OCH3 is 1. The average molecular weight is 357 g/mol. The molecule has 26 heavy (non-hydrogen) atoms. The summed E-state index contributed by atoms with van der Waals surface area (Å²) in [5.74, 6) is 1.50. The molecule has 0 bridgehead atoms. The van der Waals surface area contributed by atoms with Crippen LogP contribution in [0.5, 0.6) is 11.5 Å². The SMILES string of the molecule is COc1ccc(CN2CCC(O)(COc3ccccc3)CC2)cc1CO. The van der Waals surface area contributed by atoms with Crippen molar-refractivity contribution in [2.75, 3.05) is 26.8 Å². The van der Waals surface area contributed by atoms with E-state index in [9.17, 15) is 10.2 Å². The van der Waals surface area contributed by atoms with E-state index in [0.717, 1.165) is 36.5 Å². The second-order valence-corrected chi connectivity index (χ2v) is 6.91. The first kappa shape index (κ1) is 18.7. The topological polar surface area (TPSA) is 62.2 Å².